The van der Waals surface area contributed by atoms with Crippen molar-refractivity contribution in [3.8, 4) is 11.5 Å². The molecule has 1 aliphatic carbocycles. The van der Waals surface area contributed by atoms with Crippen LogP contribution >= 0.6 is 11.6 Å². The topological polar surface area (TPSA) is 55.5 Å². The van der Waals surface area contributed by atoms with Gasteiger partial charge in [-0.2, -0.15) is 0 Å². The number of rotatable bonds is 2. The first-order valence-corrected chi connectivity index (χ1v) is 5.73. The van der Waals surface area contributed by atoms with Gasteiger partial charge in [0, 0.05) is 11.1 Å². The molecule has 0 aromatic heterocycles. The maximum atomic E-state index is 10.2. The average molecular weight is 242 g/mol. The highest BCUT2D eigenvalue weighted by molar-refractivity contribution is 6.32. The maximum Gasteiger partial charge on any atom is 0.179 e. The molecule has 1 aromatic carbocycles. The number of hydrogen-bond donors (Lipinski definition) is 2. The third-order valence-electron chi connectivity index (χ3n) is 3.35. The van der Waals surface area contributed by atoms with Crippen LogP contribution < -0.4 is 10.5 Å². The smallest absolute Gasteiger partial charge is 0.179 e. The van der Waals surface area contributed by atoms with Crippen molar-refractivity contribution in [2.45, 2.75) is 31.7 Å². The summed E-state index contributed by atoms with van der Waals surface area (Å²) in [6.45, 7) is 1.91. The zero-order valence-corrected chi connectivity index (χ0v) is 10.3. The summed E-state index contributed by atoms with van der Waals surface area (Å²) >= 11 is 5.99. The Morgan fingerprint density at radius 3 is 2.56 bits per heavy atom. The average Bonchev–Trinajstić information content (AvgIpc) is 2.14. The molecule has 0 aliphatic heterocycles. The summed E-state index contributed by atoms with van der Waals surface area (Å²) in [4.78, 5) is 0. The summed E-state index contributed by atoms with van der Waals surface area (Å²) in [6, 6.07) is 1.79. The van der Waals surface area contributed by atoms with Gasteiger partial charge in [-0.25, -0.2) is 0 Å². The lowest BCUT2D eigenvalue weighted by atomic mass is 9.71. The van der Waals surface area contributed by atoms with Crippen molar-refractivity contribution in [3.63, 3.8) is 0 Å². The van der Waals surface area contributed by atoms with Gasteiger partial charge in [-0.15, -0.1) is 0 Å². The molecule has 3 nitrogen and oxygen atoms in total. The molecule has 1 saturated carbocycles. The van der Waals surface area contributed by atoms with Crippen LogP contribution in [-0.4, -0.2) is 12.2 Å². The number of benzene rings is 1. The van der Waals surface area contributed by atoms with Gasteiger partial charge in [-0.1, -0.05) is 11.6 Å². The van der Waals surface area contributed by atoms with Gasteiger partial charge in [0.1, 0.15) is 0 Å². The minimum atomic E-state index is -0.411. The molecule has 1 aliphatic rings. The highest BCUT2D eigenvalue weighted by Gasteiger charge is 2.39. The van der Waals surface area contributed by atoms with Crippen LogP contribution in [0, 0.1) is 6.92 Å². The van der Waals surface area contributed by atoms with E-state index in [2.05, 4.69) is 0 Å². The number of ether oxygens (including phenoxy) is 1. The number of phenols is 1. The van der Waals surface area contributed by atoms with Gasteiger partial charge in [-0.05, 0) is 37.8 Å². The van der Waals surface area contributed by atoms with Crippen molar-refractivity contribution in [3.05, 3.63) is 22.2 Å². The Labute approximate surface area is 100 Å². The van der Waals surface area contributed by atoms with Gasteiger partial charge >= 0.3 is 0 Å². The lowest BCUT2D eigenvalue weighted by Gasteiger charge is -2.40. The van der Waals surface area contributed by atoms with Gasteiger partial charge in [0.2, 0.25) is 0 Å². The summed E-state index contributed by atoms with van der Waals surface area (Å²) in [5.74, 6) is 0.411. The number of aromatic hydroxyl groups is 1. The van der Waals surface area contributed by atoms with Gasteiger partial charge in [0.25, 0.3) is 0 Å². The van der Waals surface area contributed by atoms with Crippen LogP contribution in [0.25, 0.3) is 0 Å². The van der Waals surface area contributed by atoms with Crippen LogP contribution in [0.4, 0.5) is 0 Å². The largest absolute Gasteiger partial charge is 0.504 e. The Bertz CT molecular complexity index is 428. The monoisotopic (exact) mass is 241 g/mol. The summed E-state index contributed by atoms with van der Waals surface area (Å²) in [5.41, 5.74) is 7.53. The van der Waals surface area contributed by atoms with E-state index in [-0.39, 0.29) is 5.75 Å². The number of nitrogens with two attached hydrogens (primary N) is 1. The number of aryl methyl sites for hydroxylation is 1. The molecule has 0 spiro atoms. The Morgan fingerprint density at radius 1 is 1.50 bits per heavy atom. The van der Waals surface area contributed by atoms with E-state index in [1.807, 2.05) is 6.92 Å². The van der Waals surface area contributed by atoms with Crippen LogP contribution in [0.3, 0.4) is 0 Å². The van der Waals surface area contributed by atoms with Crippen LogP contribution in [0.5, 0.6) is 11.5 Å². The van der Waals surface area contributed by atoms with Crippen LogP contribution in [0.2, 0.25) is 5.02 Å². The van der Waals surface area contributed by atoms with Gasteiger partial charge in [0.15, 0.2) is 11.5 Å². The zero-order chi connectivity index (χ0) is 11.9. The Morgan fingerprint density at radius 2 is 2.12 bits per heavy atom. The van der Waals surface area contributed by atoms with Crippen molar-refractivity contribution < 1.29 is 9.84 Å². The standard InChI is InChI=1S/C12H16ClNO2/c1-7-6-8(13)11(16-2)10(15)9(7)12(14)4-3-5-12/h6,15H,3-5,14H2,1-2H3. The molecular formula is C12H16ClNO2. The van der Waals surface area contributed by atoms with Crippen molar-refractivity contribution in [2.24, 2.45) is 5.73 Å². The van der Waals surface area contributed by atoms with Crippen LogP contribution in [0.1, 0.15) is 30.4 Å². The predicted octanol–water partition coefficient (Wildman–Crippen LogP) is 2.70. The molecule has 0 heterocycles. The maximum absolute atomic E-state index is 10.2. The highest BCUT2D eigenvalue weighted by atomic mass is 35.5. The number of methoxy groups -OCH3 is 1. The first-order chi connectivity index (χ1) is 7.49. The molecule has 3 N–H and O–H groups in total. The van der Waals surface area contributed by atoms with Crippen molar-refractivity contribution in [2.75, 3.05) is 7.11 Å². The fraction of sp³-hybridized carbons (Fsp3) is 0.500. The number of hydrogen-bond acceptors (Lipinski definition) is 3. The molecular weight excluding hydrogens is 226 g/mol. The molecule has 0 bridgehead atoms. The van der Waals surface area contributed by atoms with E-state index in [1.54, 1.807) is 6.07 Å². The summed E-state index contributed by atoms with van der Waals surface area (Å²) in [7, 11) is 1.49. The fourth-order valence-electron chi connectivity index (χ4n) is 2.37. The van der Waals surface area contributed by atoms with E-state index < -0.39 is 5.54 Å². The second kappa shape index (κ2) is 3.82. The Kier molecular flexibility index (Phi) is 2.76. The Balaban J connectivity index is 2.60. The summed E-state index contributed by atoms with van der Waals surface area (Å²) in [5, 5.41) is 10.6. The molecule has 2 rings (SSSR count). The lowest BCUT2D eigenvalue weighted by Crippen LogP contribution is -2.43. The molecule has 0 saturated heterocycles. The molecule has 1 aromatic rings. The number of halogens is 1. The number of phenolic OH excluding ortho intramolecular Hbond substituents is 1. The van der Waals surface area contributed by atoms with E-state index in [0.717, 1.165) is 30.4 Å². The Hall–Kier alpha value is -0.930. The van der Waals surface area contributed by atoms with E-state index >= 15 is 0 Å². The van der Waals surface area contributed by atoms with E-state index in [9.17, 15) is 5.11 Å². The molecule has 0 atom stereocenters. The van der Waals surface area contributed by atoms with Crippen molar-refractivity contribution in [1.29, 1.82) is 0 Å². The fourth-order valence-corrected chi connectivity index (χ4v) is 2.70. The molecule has 1 fully saturated rings. The highest BCUT2D eigenvalue weighted by Crippen LogP contribution is 2.49. The van der Waals surface area contributed by atoms with Crippen molar-refractivity contribution >= 4 is 11.6 Å². The molecule has 0 unspecified atom stereocenters. The van der Waals surface area contributed by atoms with Crippen molar-refractivity contribution in [1.82, 2.24) is 0 Å². The first kappa shape index (κ1) is 11.6. The third kappa shape index (κ3) is 1.55. The van der Waals surface area contributed by atoms with Crippen LogP contribution in [0.15, 0.2) is 6.07 Å². The normalized spacial score (nSPS) is 18.0. The lowest BCUT2D eigenvalue weighted by molar-refractivity contribution is 0.241. The molecule has 16 heavy (non-hydrogen) atoms. The van der Waals surface area contributed by atoms with E-state index in [1.165, 1.54) is 7.11 Å². The molecule has 4 heteroatoms. The molecule has 0 amide bonds. The van der Waals surface area contributed by atoms with Gasteiger partial charge < -0.3 is 15.6 Å². The van der Waals surface area contributed by atoms with E-state index in [4.69, 9.17) is 22.1 Å². The minimum absolute atomic E-state index is 0.0923. The van der Waals surface area contributed by atoms with E-state index in [0.29, 0.717) is 10.8 Å². The third-order valence-corrected chi connectivity index (χ3v) is 3.63. The first-order valence-electron chi connectivity index (χ1n) is 5.35. The second-order valence-electron chi connectivity index (χ2n) is 4.44. The minimum Gasteiger partial charge on any atom is -0.504 e. The predicted molar refractivity (Wildman–Crippen MR) is 64.1 cm³/mol. The van der Waals surface area contributed by atoms with Crippen LogP contribution in [-0.2, 0) is 5.54 Å². The molecule has 0 radical (unpaired) electrons. The summed E-state index contributed by atoms with van der Waals surface area (Å²) in [6.07, 6.45) is 2.89. The van der Waals surface area contributed by atoms with Gasteiger partial charge in [0.05, 0.1) is 12.1 Å². The summed E-state index contributed by atoms with van der Waals surface area (Å²) < 4.78 is 5.10. The zero-order valence-electron chi connectivity index (χ0n) is 9.51. The SMILES string of the molecule is COc1c(Cl)cc(C)c(C2(N)CCC2)c1O. The second-order valence-corrected chi connectivity index (χ2v) is 4.85. The quantitative estimate of drug-likeness (QED) is 0.837. The molecule has 88 valence electrons. The van der Waals surface area contributed by atoms with Gasteiger partial charge in [-0.3, -0.25) is 0 Å².